The second kappa shape index (κ2) is 8.60. The molecular formula is C27H22N8O2S2. The van der Waals surface area contributed by atoms with E-state index in [1.807, 2.05) is 34.5 Å². The van der Waals surface area contributed by atoms with Gasteiger partial charge in [0, 0.05) is 35.7 Å². The van der Waals surface area contributed by atoms with Gasteiger partial charge in [0.2, 0.25) is 0 Å². The number of pyridine rings is 1. The molecule has 12 heteroatoms. The van der Waals surface area contributed by atoms with Crippen molar-refractivity contribution >= 4 is 43.4 Å². The SMILES string of the molecule is Cc1ccc(-c2nc3cnc4c(ccn4S(=O)(=O)c4ccccc4)c3n2-c2cnn(C3(CC#N)CNC3)c2)s1. The van der Waals surface area contributed by atoms with Crippen LogP contribution >= 0.6 is 11.3 Å². The van der Waals surface area contributed by atoms with Crippen molar-refractivity contribution in [2.75, 3.05) is 13.1 Å². The lowest BCUT2D eigenvalue weighted by Gasteiger charge is -2.41. The molecule has 5 aromatic heterocycles. The minimum Gasteiger partial charge on any atom is -0.312 e. The number of aromatic nitrogens is 6. The van der Waals surface area contributed by atoms with E-state index in [9.17, 15) is 13.7 Å². The maximum atomic E-state index is 13.5. The Labute approximate surface area is 227 Å². The molecule has 0 amide bonds. The number of benzene rings is 1. The van der Waals surface area contributed by atoms with E-state index in [0.717, 1.165) is 26.8 Å². The maximum Gasteiger partial charge on any atom is 0.269 e. The second-order valence-electron chi connectivity index (χ2n) is 9.65. The average Bonchev–Trinajstić information content (AvgIpc) is 3.70. The molecule has 194 valence electrons. The van der Waals surface area contributed by atoms with Gasteiger partial charge in [0.25, 0.3) is 10.0 Å². The number of nitrogens with zero attached hydrogens (tertiary/aromatic N) is 7. The minimum absolute atomic E-state index is 0.186. The number of hydrogen-bond acceptors (Lipinski definition) is 8. The van der Waals surface area contributed by atoms with Crippen LogP contribution in [0.5, 0.6) is 0 Å². The third-order valence-electron chi connectivity index (χ3n) is 7.19. The van der Waals surface area contributed by atoms with Crippen molar-refractivity contribution in [1.82, 2.24) is 33.6 Å². The lowest BCUT2D eigenvalue weighted by molar-refractivity contribution is 0.160. The molecule has 0 radical (unpaired) electrons. The molecule has 0 saturated carbocycles. The summed E-state index contributed by atoms with van der Waals surface area (Å²) in [5.41, 5.74) is 2.08. The Morgan fingerprint density at radius 1 is 1.13 bits per heavy atom. The molecule has 6 heterocycles. The van der Waals surface area contributed by atoms with Gasteiger partial charge in [0.1, 0.15) is 11.1 Å². The molecule has 7 rings (SSSR count). The number of imidazole rings is 1. The van der Waals surface area contributed by atoms with Crippen molar-refractivity contribution in [3.63, 3.8) is 0 Å². The molecule has 1 aliphatic heterocycles. The monoisotopic (exact) mass is 554 g/mol. The van der Waals surface area contributed by atoms with Gasteiger partial charge in [-0.15, -0.1) is 11.3 Å². The Bertz CT molecular complexity index is 2020. The van der Waals surface area contributed by atoms with Gasteiger partial charge in [-0.3, -0.25) is 9.25 Å². The van der Waals surface area contributed by atoms with E-state index in [4.69, 9.17) is 4.98 Å². The number of hydrogen-bond donors (Lipinski definition) is 1. The Hall–Kier alpha value is -4.31. The molecule has 0 atom stereocenters. The quantitative estimate of drug-likeness (QED) is 0.329. The first-order valence-corrected chi connectivity index (χ1v) is 14.6. The van der Waals surface area contributed by atoms with E-state index in [1.165, 1.54) is 10.2 Å². The van der Waals surface area contributed by atoms with Crippen LogP contribution in [-0.2, 0) is 15.6 Å². The van der Waals surface area contributed by atoms with E-state index in [-0.39, 0.29) is 4.90 Å². The van der Waals surface area contributed by atoms with Gasteiger partial charge in [-0.05, 0) is 37.3 Å². The summed E-state index contributed by atoms with van der Waals surface area (Å²) < 4.78 is 32.1. The highest BCUT2D eigenvalue weighted by atomic mass is 32.2. The van der Waals surface area contributed by atoms with Gasteiger partial charge in [0.15, 0.2) is 11.5 Å². The summed E-state index contributed by atoms with van der Waals surface area (Å²) in [5, 5.41) is 18.0. The number of rotatable bonds is 6. The van der Waals surface area contributed by atoms with Crippen LogP contribution in [-0.4, -0.2) is 49.8 Å². The van der Waals surface area contributed by atoms with Crippen LogP contribution < -0.4 is 5.32 Å². The van der Waals surface area contributed by atoms with Crippen LogP contribution in [0, 0.1) is 18.3 Å². The van der Waals surface area contributed by atoms with Crippen LogP contribution in [0.1, 0.15) is 11.3 Å². The van der Waals surface area contributed by atoms with E-state index in [0.29, 0.717) is 36.1 Å². The molecule has 10 nitrogen and oxygen atoms in total. The van der Waals surface area contributed by atoms with Crippen molar-refractivity contribution in [2.24, 2.45) is 0 Å². The average molecular weight is 555 g/mol. The standard InChI is InChI=1S/C27H22N8O2S2/c1-18-7-8-23(38-18)26-32-22-14-30-25-21(9-12-33(25)39(36,37)20-5-3-2-4-6-20)24(22)35(26)19-13-31-34(15-19)27(10-11-28)16-29-17-27/h2-9,12-15,29H,10,16-17H2,1H3. The van der Waals surface area contributed by atoms with Crippen molar-refractivity contribution in [3.05, 3.63) is 78.2 Å². The van der Waals surface area contributed by atoms with Crippen LogP contribution in [0.3, 0.4) is 0 Å². The number of nitrogens with one attached hydrogen (secondary N) is 1. The summed E-state index contributed by atoms with van der Waals surface area (Å²) in [4.78, 5) is 11.8. The Morgan fingerprint density at radius 2 is 1.95 bits per heavy atom. The fourth-order valence-corrected chi connectivity index (χ4v) is 7.28. The van der Waals surface area contributed by atoms with E-state index < -0.39 is 15.6 Å². The summed E-state index contributed by atoms with van der Waals surface area (Å²) in [7, 11) is -3.86. The van der Waals surface area contributed by atoms with Crippen molar-refractivity contribution in [2.45, 2.75) is 23.8 Å². The van der Waals surface area contributed by atoms with E-state index in [2.05, 4.69) is 21.5 Å². The highest BCUT2D eigenvalue weighted by Crippen LogP contribution is 2.37. The largest absolute Gasteiger partial charge is 0.312 e. The molecule has 39 heavy (non-hydrogen) atoms. The van der Waals surface area contributed by atoms with Gasteiger partial charge in [-0.1, -0.05) is 18.2 Å². The van der Waals surface area contributed by atoms with Gasteiger partial charge in [-0.25, -0.2) is 22.4 Å². The first-order chi connectivity index (χ1) is 18.9. The van der Waals surface area contributed by atoms with Crippen LogP contribution in [0.25, 0.3) is 38.5 Å². The molecule has 1 N–H and O–H groups in total. The second-order valence-corrected chi connectivity index (χ2v) is 12.7. The molecule has 0 spiro atoms. The normalized spacial score (nSPS) is 15.0. The predicted molar refractivity (Wildman–Crippen MR) is 148 cm³/mol. The Morgan fingerprint density at radius 3 is 2.64 bits per heavy atom. The number of fused-ring (bicyclic) bond motifs is 3. The van der Waals surface area contributed by atoms with Crippen molar-refractivity contribution in [3.8, 4) is 22.5 Å². The summed E-state index contributed by atoms with van der Waals surface area (Å²) in [6.07, 6.45) is 7.21. The molecule has 1 aromatic carbocycles. The molecule has 1 aliphatic rings. The molecule has 1 saturated heterocycles. The molecule has 0 bridgehead atoms. The highest BCUT2D eigenvalue weighted by molar-refractivity contribution is 7.90. The first kappa shape index (κ1) is 23.8. The van der Waals surface area contributed by atoms with Gasteiger partial charge in [0.05, 0.1) is 45.9 Å². The zero-order valence-electron chi connectivity index (χ0n) is 20.8. The Balaban J connectivity index is 1.48. The number of nitriles is 1. The van der Waals surface area contributed by atoms with E-state index >= 15 is 0 Å². The number of thiophene rings is 1. The molecule has 0 aliphatic carbocycles. The zero-order valence-corrected chi connectivity index (χ0v) is 22.4. The summed E-state index contributed by atoms with van der Waals surface area (Å²) >= 11 is 1.63. The number of aryl methyl sites for hydroxylation is 1. The van der Waals surface area contributed by atoms with Gasteiger partial charge >= 0.3 is 0 Å². The fraction of sp³-hybridized carbons (Fsp3) is 0.185. The molecule has 1 fully saturated rings. The van der Waals surface area contributed by atoms with Gasteiger partial charge < -0.3 is 5.32 Å². The minimum atomic E-state index is -3.86. The molecular weight excluding hydrogens is 532 g/mol. The summed E-state index contributed by atoms with van der Waals surface area (Å²) in [5.74, 6) is 0.719. The molecule has 6 aromatic rings. The van der Waals surface area contributed by atoms with Crippen LogP contribution in [0.4, 0.5) is 0 Å². The third-order valence-corrected chi connectivity index (χ3v) is 9.86. The van der Waals surface area contributed by atoms with Crippen LogP contribution in [0.15, 0.2) is 78.2 Å². The lowest BCUT2D eigenvalue weighted by Crippen LogP contribution is -2.60. The van der Waals surface area contributed by atoms with E-state index in [1.54, 1.807) is 60.1 Å². The predicted octanol–water partition coefficient (Wildman–Crippen LogP) is 4.06. The third kappa shape index (κ3) is 3.55. The summed E-state index contributed by atoms with van der Waals surface area (Å²) in [6.45, 7) is 3.37. The maximum absolute atomic E-state index is 13.5. The van der Waals surface area contributed by atoms with Crippen molar-refractivity contribution < 1.29 is 8.42 Å². The van der Waals surface area contributed by atoms with Crippen molar-refractivity contribution in [1.29, 1.82) is 5.26 Å². The fourth-order valence-electron chi connectivity index (χ4n) is 5.11. The highest BCUT2D eigenvalue weighted by Gasteiger charge is 2.40. The zero-order chi connectivity index (χ0) is 26.8. The lowest BCUT2D eigenvalue weighted by atomic mass is 9.89. The summed E-state index contributed by atoms with van der Waals surface area (Å²) in [6, 6.07) is 16.5. The van der Waals surface area contributed by atoms with Gasteiger partial charge in [-0.2, -0.15) is 10.4 Å². The Kier molecular flexibility index (Phi) is 5.25. The molecule has 0 unspecified atom stereocenters. The smallest absolute Gasteiger partial charge is 0.269 e. The first-order valence-electron chi connectivity index (χ1n) is 12.3. The topological polar surface area (TPSA) is 123 Å². The van der Waals surface area contributed by atoms with Crippen LogP contribution in [0.2, 0.25) is 0 Å².